The zero-order valence-corrected chi connectivity index (χ0v) is 18.5. The van der Waals surface area contributed by atoms with Gasteiger partial charge in [-0.3, -0.25) is 9.59 Å². The number of nitrogens with one attached hydrogen (secondary N) is 2. The number of benzene rings is 2. The Morgan fingerprint density at radius 3 is 2.57 bits per heavy atom. The Morgan fingerprint density at radius 2 is 1.89 bits per heavy atom. The molecule has 0 saturated heterocycles. The monoisotopic (exact) mass is 466 g/mol. The Bertz CT molecular complexity index is 856. The minimum Gasteiger partial charge on any atom is -0.492 e. The minimum atomic E-state index is -0.348. The molecule has 0 aliphatic rings. The summed E-state index contributed by atoms with van der Waals surface area (Å²) in [6.45, 7) is 6.51. The predicted octanol–water partition coefficient (Wildman–Crippen LogP) is 6.13. The number of carbonyl (C=O) groups excluding carboxylic acids is 2. The standard InChI is InChI=1S/C21H24BrClN2O3/c1-4-5-20(26)24-15-7-8-17(23)18(11-15)25-21(27)16-10-14(22)6-9-19(16)28-12-13(2)3/h6-11,13H,4-5,12H2,1-3H3,(H,24,26)(H,25,27). The molecular weight excluding hydrogens is 444 g/mol. The molecule has 0 radical (unpaired) electrons. The molecule has 0 atom stereocenters. The van der Waals surface area contributed by atoms with Gasteiger partial charge in [-0.05, 0) is 48.7 Å². The number of hydrogen-bond acceptors (Lipinski definition) is 3. The number of rotatable bonds is 8. The van der Waals surface area contributed by atoms with Crippen molar-refractivity contribution in [2.75, 3.05) is 17.2 Å². The van der Waals surface area contributed by atoms with E-state index in [0.29, 0.717) is 46.7 Å². The first-order valence-corrected chi connectivity index (χ1v) is 10.3. The SMILES string of the molecule is CCCC(=O)Nc1ccc(Cl)c(NC(=O)c2cc(Br)ccc2OCC(C)C)c1. The molecule has 2 aromatic carbocycles. The maximum Gasteiger partial charge on any atom is 0.259 e. The van der Waals surface area contributed by atoms with E-state index in [0.717, 1.165) is 10.9 Å². The summed E-state index contributed by atoms with van der Waals surface area (Å²) < 4.78 is 6.54. The van der Waals surface area contributed by atoms with Gasteiger partial charge in [0.25, 0.3) is 5.91 Å². The van der Waals surface area contributed by atoms with Crippen molar-refractivity contribution in [1.82, 2.24) is 0 Å². The smallest absolute Gasteiger partial charge is 0.259 e. The zero-order valence-electron chi connectivity index (χ0n) is 16.1. The Morgan fingerprint density at radius 1 is 1.14 bits per heavy atom. The highest BCUT2D eigenvalue weighted by molar-refractivity contribution is 9.10. The topological polar surface area (TPSA) is 67.4 Å². The van der Waals surface area contributed by atoms with Crippen LogP contribution < -0.4 is 15.4 Å². The molecule has 0 bridgehead atoms. The highest BCUT2D eigenvalue weighted by Gasteiger charge is 2.16. The fourth-order valence-electron chi connectivity index (χ4n) is 2.40. The quantitative estimate of drug-likeness (QED) is 0.491. The molecule has 2 aromatic rings. The van der Waals surface area contributed by atoms with Crippen molar-refractivity contribution < 1.29 is 14.3 Å². The van der Waals surface area contributed by atoms with E-state index in [1.165, 1.54) is 0 Å². The van der Waals surface area contributed by atoms with Gasteiger partial charge in [0.15, 0.2) is 0 Å². The van der Waals surface area contributed by atoms with Gasteiger partial charge >= 0.3 is 0 Å². The molecule has 0 aliphatic heterocycles. The van der Waals surface area contributed by atoms with Crippen LogP contribution >= 0.6 is 27.5 Å². The lowest BCUT2D eigenvalue weighted by atomic mass is 10.1. The van der Waals surface area contributed by atoms with Crippen molar-refractivity contribution in [1.29, 1.82) is 0 Å². The van der Waals surface area contributed by atoms with Crippen LogP contribution in [0.25, 0.3) is 0 Å². The van der Waals surface area contributed by atoms with Crippen LogP contribution in [0.5, 0.6) is 5.75 Å². The summed E-state index contributed by atoms with van der Waals surface area (Å²) in [5, 5.41) is 5.98. The van der Waals surface area contributed by atoms with Crippen molar-refractivity contribution in [3.63, 3.8) is 0 Å². The molecule has 2 amide bonds. The number of hydrogen-bond donors (Lipinski definition) is 2. The molecular formula is C21H24BrClN2O3. The maximum atomic E-state index is 12.9. The van der Waals surface area contributed by atoms with Crippen LogP contribution in [0.1, 0.15) is 44.0 Å². The fourth-order valence-corrected chi connectivity index (χ4v) is 2.93. The Labute approximate surface area is 178 Å². The van der Waals surface area contributed by atoms with Crippen LogP contribution in [-0.4, -0.2) is 18.4 Å². The normalized spacial score (nSPS) is 10.6. The molecule has 0 aliphatic carbocycles. The van der Waals surface area contributed by atoms with Crippen LogP contribution in [0.4, 0.5) is 11.4 Å². The zero-order chi connectivity index (χ0) is 20.7. The van der Waals surface area contributed by atoms with Gasteiger partial charge in [-0.25, -0.2) is 0 Å². The van der Waals surface area contributed by atoms with Crippen LogP contribution in [0.2, 0.25) is 5.02 Å². The molecule has 0 unspecified atom stereocenters. The highest BCUT2D eigenvalue weighted by atomic mass is 79.9. The third-order valence-corrected chi connectivity index (χ3v) is 4.56. The molecule has 5 nitrogen and oxygen atoms in total. The lowest BCUT2D eigenvalue weighted by Crippen LogP contribution is -2.16. The predicted molar refractivity (Wildman–Crippen MR) is 117 cm³/mol. The van der Waals surface area contributed by atoms with Crippen molar-refractivity contribution in [3.8, 4) is 5.75 Å². The molecule has 7 heteroatoms. The van der Waals surface area contributed by atoms with Gasteiger partial charge in [-0.15, -0.1) is 0 Å². The molecule has 2 rings (SSSR count). The summed E-state index contributed by atoms with van der Waals surface area (Å²) in [6.07, 6.45) is 1.18. The van der Waals surface area contributed by atoms with Crippen molar-refractivity contribution in [3.05, 3.63) is 51.5 Å². The molecule has 0 fully saturated rings. The van der Waals surface area contributed by atoms with Gasteiger partial charge in [-0.2, -0.15) is 0 Å². The van der Waals surface area contributed by atoms with Crippen LogP contribution in [0.3, 0.4) is 0 Å². The third-order valence-electron chi connectivity index (χ3n) is 3.73. The van der Waals surface area contributed by atoms with Gasteiger partial charge in [-0.1, -0.05) is 48.3 Å². The van der Waals surface area contributed by atoms with E-state index in [9.17, 15) is 9.59 Å². The lowest BCUT2D eigenvalue weighted by molar-refractivity contribution is -0.116. The number of carbonyl (C=O) groups is 2. The molecule has 0 aromatic heterocycles. The number of anilines is 2. The molecule has 0 heterocycles. The van der Waals surface area contributed by atoms with Gasteiger partial charge in [0, 0.05) is 16.6 Å². The summed E-state index contributed by atoms with van der Waals surface area (Å²) in [7, 11) is 0. The van der Waals surface area contributed by atoms with Gasteiger partial charge in [0.05, 0.1) is 22.9 Å². The highest BCUT2D eigenvalue weighted by Crippen LogP contribution is 2.29. The summed E-state index contributed by atoms with van der Waals surface area (Å²) >= 11 is 9.62. The Hall–Kier alpha value is -2.05. The van der Waals surface area contributed by atoms with Crippen LogP contribution in [0.15, 0.2) is 40.9 Å². The van der Waals surface area contributed by atoms with E-state index in [-0.39, 0.29) is 11.8 Å². The summed E-state index contributed by atoms with van der Waals surface area (Å²) in [6, 6.07) is 10.2. The molecule has 0 saturated carbocycles. The Kier molecular flexibility index (Phi) is 8.33. The largest absolute Gasteiger partial charge is 0.492 e. The van der Waals surface area contributed by atoms with E-state index >= 15 is 0 Å². The first-order chi connectivity index (χ1) is 13.3. The second-order valence-corrected chi connectivity index (χ2v) is 8.12. The van der Waals surface area contributed by atoms with Crippen LogP contribution in [-0.2, 0) is 4.79 Å². The summed E-state index contributed by atoms with van der Waals surface area (Å²) in [5.74, 6) is 0.396. The number of amides is 2. The molecule has 28 heavy (non-hydrogen) atoms. The van der Waals surface area contributed by atoms with E-state index in [1.54, 1.807) is 30.3 Å². The van der Waals surface area contributed by atoms with E-state index < -0.39 is 0 Å². The lowest BCUT2D eigenvalue weighted by Gasteiger charge is -2.15. The van der Waals surface area contributed by atoms with E-state index in [4.69, 9.17) is 16.3 Å². The van der Waals surface area contributed by atoms with E-state index in [2.05, 4.69) is 26.6 Å². The van der Waals surface area contributed by atoms with Crippen LogP contribution in [0, 0.1) is 5.92 Å². The van der Waals surface area contributed by atoms with Crippen molar-refractivity contribution >= 4 is 50.7 Å². The average Bonchev–Trinajstić information content (AvgIpc) is 2.63. The summed E-state index contributed by atoms with van der Waals surface area (Å²) in [5.41, 5.74) is 1.38. The van der Waals surface area contributed by atoms with Crippen molar-refractivity contribution in [2.24, 2.45) is 5.92 Å². The summed E-state index contributed by atoms with van der Waals surface area (Å²) in [4.78, 5) is 24.7. The first kappa shape index (κ1) is 22.2. The first-order valence-electron chi connectivity index (χ1n) is 9.13. The number of ether oxygens (including phenoxy) is 1. The van der Waals surface area contributed by atoms with E-state index in [1.807, 2.05) is 26.8 Å². The van der Waals surface area contributed by atoms with Crippen molar-refractivity contribution in [2.45, 2.75) is 33.6 Å². The van der Waals surface area contributed by atoms with Gasteiger partial charge in [0.2, 0.25) is 5.91 Å². The third kappa shape index (κ3) is 6.53. The fraction of sp³-hybridized carbons (Fsp3) is 0.333. The second kappa shape index (κ2) is 10.5. The molecule has 0 spiro atoms. The minimum absolute atomic E-state index is 0.0848. The average molecular weight is 468 g/mol. The second-order valence-electron chi connectivity index (χ2n) is 6.79. The Balaban J connectivity index is 2.22. The van der Waals surface area contributed by atoms with Gasteiger partial charge < -0.3 is 15.4 Å². The molecule has 2 N–H and O–H groups in total. The van der Waals surface area contributed by atoms with Gasteiger partial charge in [0.1, 0.15) is 5.75 Å². The molecule has 150 valence electrons. The number of halogens is 2. The maximum absolute atomic E-state index is 12.9.